The van der Waals surface area contributed by atoms with E-state index in [1.54, 1.807) is 16.9 Å². The third-order valence-corrected chi connectivity index (χ3v) is 3.15. The highest BCUT2D eigenvalue weighted by Crippen LogP contribution is 2.24. The van der Waals surface area contributed by atoms with E-state index in [-0.39, 0.29) is 0 Å². The normalized spacial score (nSPS) is 10.4. The zero-order chi connectivity index (χ0) is 13.8. The summed E-state index contributed by atoms with van der Waals surface area (Å²) in [5.41, 5.74) is 1.80. The van der Waals surface area contributed by atoms with Gasteiger partial charge in [0.1, 0.15) is 18.1 Å². The van der Waals surface area contributed by atoms with Crippen LogP contribution in [0.15, 0.2) is 60.8 Å². The first-order valence-corrected chi connectivity index (χ1v) is 6.55. The molecule has 0 aliphatic carbocycles. The van der Waals surface area contributed by atoms with Crippen molar-refractivity contribution < 1.29 is 4.74 Å². The molecule has 0 bridgehead atoms. The van der Waals surface area contributed by atoms with Crippen molar-refractivity contribution in [3.63, 3.8) is 0 Å². The van der Waals surface area contributed by atoms with Crippen LogP contribution in [0, 0.1) is 0 Å². The predicted octanol–water partition coefficient (Wildman–Crippen LogP) is 3.50. The predicted molar refractivity (Wildman–Crippen MR) is 77.1 cm³/mol. The maximum Gasteiger partial charge on any atom is 0.138 e. The fourth-order valence-electron chi connectivity index (χ4n) is 1.85. The number of benzene rings is 2. The van der Waals surface area contributed by atoms with Crippen molar-refractivity contribution in [3.8, 4) is 11.4 Å². The van der Waals surface area contributed by atoms with E-state index in [4.69, 9.17) is 16.3 Å². The lowest BCUT2D eigenvalue weighted by molar-refractivity contribution is 0.298. The smallest absolute Gasteiger partial charge is 0.138 e. The summed E-state index contributed by atoms with van der Waals surface area (Å²) in [7, 11) is 0. The number of halogens is 1. The Morgan fingerprint density at radius 1 is 1.00 bits per heavy atom. The highest BCUT2D eigenvalue weighted by Gasteiger charge is 2.07. The van der Waals surface area contributed by atoms with Gasteiger partial charge in [-0.15, -0.1) is 5.10 Å². The fraction of sp³-hybridized carbons (Fsp3) is 0.0667. The molecule has 3 aromatic rings. The molecule has 0 aliphatic rings. The van der Waals surface area contributed by atoms with Gasteiger partial charge in [0, 0.05) is 0 Å². The lowest BCUT2D eigenvalue weighted by Gasteiger charge is -2.09. The van der Waals surface area contributed by atoms with E-state index < -0.39 is 0 Å². The first-order valence-electron chi connectivity index (χ1n) is 6.17. The minimum absolute atomic E-state index is 0.353. The Bertz CT molecular complexity index is 697. The number of hydrogen-bond acceptors (Lipinski definition) is 3. The molecule has 0 atom stereocenters. The quantitative estimate of drug-likeness (QED) is 0.736. The van der Waals surface area contributed by atoms with Gasteiger partial charge in [0.2, 0.25) is 0 Å². The summed E-state index contributed by atoms with van der Waals surface area (Å²) >= 11 is 6.06. The van der Waals surface area contributed by atoms with Crippen LogP contribution in [-0.2, 0) is 6.61 Å². The molecule has 4 nitrogen and oxygen atoms in total. The summed E-state index contributed by atoms with van der Waals surface area (Å²) in [4.78, 5) is 0. The SMILES string of the molecule is Clc1ccccc1OCc1cnnn1-c1ccccc1. The Hall–Kier alpha value is -2.33. The van der Waals surface area contributed by atoms with Crippen LogP contribution in [0.4, 0.5) is 0 Å². The standard InChI is InChI=1S/C15H12ClN3O/c16-14-8-4-5-9-15(14)20-11-13-10-17-18-19(13)12-6-2-1-3-7-12/h1-10H,11H2. The third kappa shape index (κ3) is 2.65. The highest BCUT2D eigenvalue weighted by atomic mass is 35.5. The van der Waals surface area contributed by atoms with E-state index in [0.717, 1.165) is 11.4 Å². The van der Waals surface area contributed by atoms with E-state index in [1.165, 1.54) is 0 Å². The average Bonchev–Trinajstić information content (AvgIpc) is 2.96. The molecular formula is C15H12ClN3O. The van der Waals surface area contributed by atoms with Crippen molar-refractivity contribution in [2.45, 2.75) is 6.61 Å². The number of rotatable bonds is 4. The van der Waals surface area contributed by atoms with Gasteiger partial charge in [0.25, 0.3) is 0 Å². The molecule has 0 spiro atoms. The molecule has 0 unspecified atom stereocenters. The molecule has 0 N–H and O–H groups in total. The Morgan fingerprint density at radius 2 is 1.75 bits per heavy atom. The zero-order valence-corrected chi connectivity index (χ0v) is 11.4. The second-order valence-electron chi connectivity index (χ2n) is 4.19. The van der Waals surface area contributed by atoms with Gasteiger partial charge in [-0.2, -0.15) is 0 Å². The maximum absolute atomic E-state index is 6.06. The van der Waals surface area contributed by atoms with Crippen LogP contribution in [0.3, 0.4) is 0 Å². The number of hydrogen-bond donors (Lipinski definition) is 0. The fourth-order valence-corrected chi connectivity index (χ4v) is 2.05. The summed E-state index contributed by atoms with van der Waals surface area (Å²) in [5.74, 6) is 0.648. The molecule has 0 aliphatic heterocycles. The molecular weight excluding hydrogens is 274 g/mol. The third-order valence-electron chi connectivity index (χ3n) is 2.83. The summed E-state index contributed by atoms with van der Waals surface area (Å²) in [5, 5.41) is 8.60. The largest absolute Gasteiger partial charge is 0.486 e. The average molecular weight is 286 g/mol. The number of ether oxygens (including phenoxy) is 1. The van der Waals surface area contributed by atoms with E-state index in [2.05, 4.69) is 10.3 Å². The van der Waals surface area contributed by atoms with Gasteiger partial charge in [-0.3, -0.25) is 0 Å². The van der Waals surface area contributed by atoms with E-state index in [1.807, 2.05) is 48.5 Å². The minimum Gasteiger partial charge on any atom is -0.486 e. The molecule has 5 heteroatoms. The van der Waals surface area contributed by atoms with Gasteiger partial charge in [0.05, 0.1) is 16.9 Å². The number of para-hydroxylation sites is 2. The zero-order valence-electron chi connectivity index (χ0n) is 10.6. The molecule has 0 saturated heterocycles. The molecule has 1 aromatic heterocycles. The van der Waals surface area contributed by atoms with Gasteiger partial charge in [-0.25, -0.2) is 4.68 Å². The van der Waals surface area contributed by atoms with Crippen LogP contribution in [0.1, 0.15) is 5.69 Å². The molecule has 2 aromatic carbocycles. The van der Waals surface area contributed by atoms with E-state index in [9.17, 15) is 0 Å². The van der Waals surface area contributed by atoms with Gasteiger partial charge in [0.15, 0.2) is 0 Å². The van der Waals surface area contributed by atoms with E-state index in [0.29, 0.717) is 17.4 Å². The van der Waals surface area contributed by atoms with Crippen molar-refractivity contribution in [1.29, 1.82) is 0 Å². The van der Waals surface area contributed by atoms with E-state index >= 15 is 0 Å². The number of aromatic nitrogens is 3. The summed E-state index contributed by atoms with van der Waals surface area (Å²) in [6.07, 6.45) is 1.68. The highest BCUT2D eigenvalue weighted by molar-refractivity contribution is 6.32. The van der Waals surface area contributed by atoms with Crippen molar-refractivity contribution in [2.75, 3.05) is 0 Å². The van der Waals surface area contributed by atoms with Crippen LogP contribution >= 0.6 is 11.6 Å². The molecule has 0 amide bonds. The molecule has 0 fully saturated rings. The van der Waals surface area contributed by atoms with Crippen LogP contribution in [0.2, 0.25) is 5.02 Å². The molecule has 0 radical (unpaired) electrons. The van der Waals surface area contributed by atoms with Crippen LogP contribution in [0.5, 0.6) is 5.75 Å². The molecule has 1 heterocycles. The molecule has 100 valence electrons. The van der Waals surface area contributed by atoms with Gasteiger partial charge in [-0.05, 0) is 24.3 Å². The van der Waals surface area contributed by atoms with Crippen molar-refractivity contribution in [1.82, 2.24) is 15.0 Å². The van der Waals surface area contributed by atoms with Crippen LogP contribution in [-0.4, -0.2) is 15.0 Å². The van der Waals surface area contributed by atoms with Crippen LogP contribution in [0.25, 0.3) is 5.69 Å². The maximum atomic E-state index is 6.06. The second-order valence-corrected chi connectivity index (χ2v) is 4.60. The minimum atomic E-state index is 0.353. The lowest BCUT2D eigenvalue weighted by atomic mass is 10.3. The van der Waals surface area contributed by atoms with Gasteiger partial charge < -0.3 is 4.74 Å². The van der Waals surface area contributed by atoms with Gasteiger partial charge >= 0.3 is 0 Å². The van der Waals surface area contributed by atoms with Crippen molar-refractivity contribution >= 4 is 11.6 Å². The monoisotopic (exact) mass is 285 g/mol. The Balaban J connectivity index is 1.80. The Morgan fingerprint density at radius 3 is 2.55 bits per heavy atom. The van der Waals surface area contributed by atoms with Crippen molar-refractivity contribution in [2.24, 2.45) is 0 Å². The Labute approximate surface area is 121 Å². The first kappa shape index (κ1) is 12.7. The summed E-state index contributed by atoms with van der Waals surface area (Å²) in [6.45, 7) is 0.353. The summed E-state index contributed by atoms with van der Waals surface area (Å²) < 4.78 is 7.46. The summed E-state index contributed by atoms with van der Waals surface area (Å²) in [6, 6.07) is 17.2. The molecule has 3 rings (SSSR count). The van der Waals surface area contributed by atoms with Crippen LogP contribution < -0.4 is 4.74 Å². The Kier molecular flexibility index (Phi) is 3.65. The van der Waals surface area contributed by atoms with Crippen molar-refractivity contribution in [3.05, 3.63) is 71.5 Å². The number of nitrogens with zero attached hydrogens (tertiary/aromatic N) is 3. The second kappa shape index (κ2) is 5.75. The molecule has 0 saturated carbocycles. The first-order chi connectivity index (χ1) is 9.84. The lowest BCUT2D eigenvalue weighted by Crippen LogP contribution is -2.05. The topological polar surface area (TPSA) is 39.9 Å². The molecule has 20 heavy (non-hydrogen) atoms. The van der Waals surface area contributed by atoms with Gasteiger partial charge in [-0.1, -0.05) is 47.1 Å².